The first-order valence-corrected chi connectivity index (χ1v) is 7.49. The highest BCUT2D eigenvalue weighted by atomic mass is 79.9. The second kappa shape index (κ2) is 5.48. The Morgan fingerprint density at radius 1 is 1.25 bits per heavy atom. The van der Waals surface area contributed by atoms with E-state index in [-0.39, 0.29) is 11.4 Å². The third-order valence-corrected chi connectivity index (χ3v) is 4.37. The second-order valence-electron chi connectivity index (χ2n) is 5.13. The van der Waals surface area contributed by atoms with Gasteiger partial charge in [-0.15, -0.1) is 0 Å². The smallest absolute Gasteiger partial charge is 0.251 e. The van der Waals surface area contributed by atoms with Gasteiger partial charge in [-0.3, -0.25) is 4.79 Å². The molecule has 0 bridgehead atoms. The molecule has 0 amide bonds. The standard InChI is InChI=1S/C15H14BrFN2O/c16-11-6-5-10(7-12(11)17)15-18-13(8-14(20)19-15)9-3-1-2-4-9/h5-9H,1-4H2,(H,18,19,20). The molecule has 0 aliphatic heterocycles. The third kappa shape index (κ3) is 2.68. The van der Waals surface area contributed by atoms with E-state index in [4.69, 9.17) is 0 Å². The molecule has 1 saturated carbocycles. The zero-order chi connectivity index (χ0) is 14.1. The number of hydrogen-bond donors (Lipinski definition) is 1. The van der Waals surface area contributed by atoms with Crippen LogP contribution in [0.2, 0.25) is 0 Å². The lowest BCUT2D eigenvalue weighted by Gasteiger charge is -2.10. The summed E-state index contributed by atoms with van der Waals surface area (Å²) in [6, 6.07) is 6.30. The Bertz CT molecular complexity index is 693. The van der Waals surface area contributed by atoms with Gasteiger partial charge in [0.15, 0.2) is 0 Å². The molecule has 0 radical (unpaired) electrons. The summed E-state index contributed by atoms with van der Waals surface area (Å²) >= 11 is 3.12. The summed E-state index contributed by atoms with van der Waals surface area (Å²) in [4.78, 5) is 19.0. The minimum absolute atomic E-state index is 0.180. The molecule has 104 valence electrons. The van der Waals surface area contributed by atoms with Gasteiger partial charge in [-0.05, 0) is 47.0 Å². The Morgan fingerprint density at radius 3 is 2.70 bits per heavy atom. The van der Waals surface area contributed by atoms with Gasteiger partial charge < -0.3 is 4.98 Å². The summed E-state index contributed by atoms with van der Waals surface area (Å²) in [6.45, 7) is 0. The highest BCUT2D eigenvalue weighted by Gasteiger charge is 2.19. The number of hydrogen-bond acceptors (Lipinski definition) is 2. The van der Waals surface area contributed by atoms with Crippen molar-refractivity contribution in [2.45, 2.75) is 31.6 Å². The Morgan fingerprint density at radius 2 is 2.00 bits per heavy atom. The molecule has 2 aromatic rings. The van der Waals surface area contributed by atoms with Crippen molar-refractivity contribution >= 4 is 15.9 Å². The van der Waals surface area contributed by atoms with Gasteiger partial charge in [-0.25, -0.2) is 9.37 Å². The lowest BCUT2D eigenvalue weighted by atomic mass is 10.0. The molecule has 1 aliphatic carbocycles. The largest absolute Gasteiger partial charge is 0.307 e. The van der Waals surface area contributed by atoms with Crippen molar-refractivity contribution in [2.24, 2.45) is 0 Å². The number of nitrogens with zero attached hydrogens (tertiary/aromatic N) is 1. The summed E-state index contributed by atoms with van der Waals surface area (Å²) in [5.41, 5.74) is 1.23. The van der Waals surface area contributed by atoms with Crippen LogP contribution >= 0.6 is 15.9 Å². The van der Waals surface area contributed by atoms with Gasteiger partial charge in [-0.1, -0.05) is 12.8 Å². The van der Waals surface area contributed by atoms with Crippen LogP contribution in [-0.2, 0) is 0 Å². The average molecular weight is 337 g/mol. The maximum Gasteiger partial charge on any atom is 0.251 e. The van der Waals surface area contributed by atoms with Crippen molar-refractivity contribution in [3.05, 3.63) is 50.6 Å². The van der Waals surface area contributed by atoms with Gasteiger partial charge in [0.25, 0.3) is 5.56 Å². The fraction of sp³-hybridized carbons (Fsp3) is 0.333. The van der Waals surface area contributed by atoms with Gasteiger partial charge in [-0.2, -0.15) is 0 Å². The molecule has 0 saturated heterocycles. The molecule has 1 N–H and O–H groups in total. The van der Waals surface area contributed by atoms with E-state index in [2.05, 4.69) is 25.9 Å². The van der Waals surface area contributed by atoms with Crippen molar-refractivity contribution < 1.29 is 4.39 Å². The quantitative estimate of drug-likeness (QED) is 0.900. The summed E-state index contributed by atoms with van der Waals surface area (Å²) in [5.74, 6) is 0.429. The minimum atomic E-state index is -0.364. The maximum atomic E-state index is 13.6. The van der Waals surface area contributed by atoms with Gasteiger partial charge in [0.05, 0.1) is 10.2 Å². The van der Waals surface area contributed by atoms with E-state index in [1.165, 1.54) is 18.9 Å². The number of nitrogens with one attached hydrogen (secondary N) is 1. The lowest BCUT2D eigenvalue weighted by Crippen LogP contribution is -2.12. The molecule has 1 aromatic heterocycles. The first kappa shape index (κ1) is 13.5. The fourth-order valence-electron chi connectivity index (χ4n) is 2.69. The Hall–Kier alpha value is -1.49. The molecule has 1 heterocycles. The van der Waals surface area contributed by atoms with Crippen LogP contribution in [0, 0.1) is 5.82 Å². The molecular weight excluding hydrogens is 323 g/mol. The number of aromatic amines is 1. The number of aromatic nitrogens is 2. The van der Waals surface area contributed by atoms with E-state index in [9.17, 15) is 9.18 Å². The lowest BCUT2D eigenvalue weighted by molar-refractivity contribution is 0.621. The summed E-state index contributed by atoms with van der Waals surface area (Å²) in [6.07, 6.45) is 4.51. The molecule has 20 heavy (non-hydrogen) atoms. The van der Waals surface area contributed by atoms with Crippen molar-refractivity contribution in [2.75, 3.05) is 0 Å². The minimum Gasteiger partial charge on any atom is -0.307 e. The van der Waals surface area contributed by atoms with Crippen LogP contribution < -0.4 is 5.56 Å². The third-order valence-electron chi connectivity index (χ3n) is 3.73. The van der Waals surface area contributed by atoms with Crippen LogP contribution in [0.25, 0.3) is 11.4 Å². The Kier molecular flexibility index (Phi) is 3.70. The first-order valence-electron chi connectivity index (χ1n) is 6.70. The summed E-state index contributed by atoms with van der Waals surface area (Å²) in [5, 5.41) is 0. The predicted octanol–water partition coefficient (Wildman–Crippen LogP) is 4.00. The summed E-state index contributed by atoms with van der Waals surface area (Å²) < 4.78 is 14.0. The molecule has 1 fully saturated rings. The molecule has 0 atom stereocenters. The van der Waals surface area contributed by atoms with Crippen LogP contribution in [0.4, 0.5) is 4.39 Å². The molecule has 1 aromatic carbocycles. The molecule has 0 unspecified atom stereocenters. The van der Waals surface area contributed by atoms with Crippen molar-refractivity contribution in [1.82, 2.24) is 9.97 Å². The van der Waals surface area contributed by atoms with E-state index < -0.39 is 0 Å². The van der Waals surface area contributed by atoms with Gasteiger partial charge in [0, 0.05) is 17.5 Å². The monoisotopic (exact) mass is 336 g/mol. The highest BCUT2D eigenvalue weighted by Crippen LogP contribution is 2.33. The second-order valence-corrected chi connectivity index (χ2v) is 5.98. The number of benzene rings is 1. The molecular formula is C15H14BrFN2O. The van der Waals surface area contributed by atoms with E-state index in [0.29, 0.717) is 21.8 Å². The SMILES string of the molecule is O=c1cc(C2CCCC2)nc(-c2ccc(Br)c(F)c2)[nH]1. The molecule has 3 nitrogen and oxygen atoms in total. The van der Waals surface area contributed by atoms with E-state index in [1.54, 1.807) is 18.2 Å². The van der Waals surface area contributed by atoms with Gasteiger partial charge in [0.2, 0.25) is 0 Å². The van der Waals surface area contributed by atoms with Crippen molar-refractivity contribution in [3.8, 4) is 11.4 Å². The van der Waals surface area contributed by atoms with Crippen LogP contribution in [0.1, 0.15) is 37.3 Å². The number of halogens is 2. The Balaban J connectivity index is 2.04. The van der Waals surface area contributed by atoms with Gasteiger partial charge >= 0.3 is 0 Å². The first-order chi connectivity index (χ1) is 9.63. The van der Waals surface area contributed by atoms with Crippen LogP contribution in [0.15, 0.2) is 33.5 Å². The van der Waals surface area contributed by atoms with E-state index in [0.717, 1.165) is 18.5 Å². The molecule has 5 heteroatoms. The van der Waals surface area contributed by atoms with Crippen LogP contribution in [-0.4, -0.2) is 9.97 Å². The topological polar surface area (TPSA) is 45.8 Å². The zero-order valence-corrected chi connectivity index (χ0v) is 12.4. The number of H-pyrrole nitrogens is 1. The molecule has 1 aliphatic rings. The fourth-order valence-corrected chi connectivity index (χ4v) is 2.93. The van der Waals surface area contributed by atoms with Crippen LogP contribution in [0.3, 0.4) is 0 Å². The maximum absolute atomic E-state index is 13.6. The number of rotatable bonds is 2. The van der Waals surface area contributed by atoms with Crippen molar-refractivity contribution in [3.63, 3.8) is 0 Å². The van der Waals surface area contributed by atoms with E-state index >= 15 is 0 Å². The van der Waals surface area contributed by atoms with Crippen LogP contribution in [0.5, 0.6) is 0 Å². The normalized spacial score (nSPS) is 15.7. The predicted molar refractivity (Wildman–Crippen MR) is 79.2 cm³/mol. The Labute approximate surface area is 124 Å². The highest BCUT2D eigenvalue weighted by molar-refractivity contribution is 9.10. The molecule has 3 rings (SSSR count). The summed E-state index contributed by atoms with van der Waals surface area (Å²) in [7, 11) is 0. The van der Waals surface area contributed by atoms with Crippen molar-refractivity contribution in [1.29, 1.82) is 0 Å². The van der Waals surface area contributed by atoms with Gasteiger partial charge in [0.1, 0.15) is 11.6 Å². The molecule has 0 spiro atoms. The average Bonchev–Trinajstić information content (AvgIpc) is 2.95. The van der Waals surface area contributed by atoms with E-state index in [1.807, 2.05) is 0 Å². The zero-order valence-electron chi connectivity index (χ0n) is 10.8.